The highest BCUT2D eigenvalue weighted by molar-refractivity contribution is 6.32. The van der Waals surface area contributed by atoms with Gasteiger partial charge in [0.15, 0.2) is 0 Å². The number of ether oxygens (including phenoxy) is 2. The van der Waals surface area contributed by atoms with E-state index in [4.69, 9.17) is 26.4 Å². The minimum atomic E-state index is -0.534. The summed E-state index contributed by atoms with van der Waals surface area (Å²) in [4.78, 5) is 11.5. The SMILES string of the molecule is [CH2-]C1([N-]C2=C=CC=C(COCC(C)COC)C=C2)CCNCC1C1=C(Cl)C=C(c2ccccc2CCCC(C)=O)CC1. The summed E-state index contributed by atoms with van der Waals surface area (Å²) in [7, 11) is 1.71. The predicted octanol–water partition coefficient (Wildman–Crippen LogP) is 7.66. The Morgan fingerprint density at radius 1 is 1.26 bits per heavy atom. The number of hydrogen-bond acceptors (Lipinski definition) is 4. The minimum absolute atomic E-state index is 0.0892. The fraction of sp³-hybridized carbons (Fsp3) is 0.472. The van der Waals surface area contributed by atoms with Gasteiger partial charge in [-0.3, -0.25) is 0 Å². The molecule has 6 heteroatoms. The summed E-state index contributed by atoms with van der Waals surface area (Å²) >= 11 is 7.05. The third-order valence-electron chi connectivity index (χ3n) is 8.21. The van der Waals surface area contributed by atoms with Gasteiger partial charge in [-0.25, -0.2) is 5.54 Å². The molecule has 0 amide bonds. The molecule has 0 aromatic heterocycles. The van der Waals surface area contributed by atoms with Crippen molar-refractivity contribution in [1.82, 2.24) is 5.32 Å². The monoisotopic (exact) mass is 588 g/mol. The largest absolute Gasteiger partial charge is 0.697 e. The third kappa shape index (κ3) is 8.92. The van der Waals surface area contributed by atoms with Crippen LogP contribution in [0.5, 0.6) is 0 Å². The van der Waals surface area contributed by atoms with Gasteiger partial charge < -0.3 is 31.8 Å². The maximum atomic E-state index is 11.5. The number of hydrogen-bond donors (Lipinski definition) is 1. The number of aryl methyl sites for hydroxylation is 1. The van der Waals surface area contributed by atoms with E-state index in [1.165, 1.54) is 22.3 Å². The normalized spacial score (nSPS) is 23.2. The number of methoxy groups -OCH3 is 1. The number of halogens is 1. The predicted molar refractivity (Wildman–Crippen MR) is 173 cm³/mol. The van der Waals surface area contributed by atoms with Gasteiger partial charge in [0.05, 0.1) is 19.8 Å². The standard InChI is InChI=1S/C36H45ClN2O3/c1-26(23-41-4)24-42-25-28-10-8-13-31(17-15-28)39-36(3)19-20-38-22-34(36)33-18-16-30(21-35(33)37)32-14-6-5-11-29(32)12-7-9-27(2)40/h5-6,8,10-11,14-15,17,21,26,34,38H,3,7,9,12,16,18-20,22-25H2,1-2,4H3/q-2. The average Bonchev–Trinajstić information content (AvgIpc) is 3.18. The lowest BCUT2D eigenvalue weighted by atomic mass is 9.72. The summed E-state index contributed by atoms with van der Waals surface area (Å²) < 4.78 is 11.1. The second-order valence-electron chi connectivity index (χ2n) is 11.8. The van der Waals surface area contributed by atoms with Crippen LogP contribution in [0.25, 0.3) is 10.9 Å². The van der Waals surface area contributed by atoms with Crippen LogP contribution in [0.15, 0.2) is 82.3 Å². The van der Waals surface area contributed by atoms with Crippen LogP contribution in [-0.4, -0.2) is 51.3 Å². The zero-order chi connectivity index (χ0) is 30.0. The third-order valence-corrected chi connectivity index (χ3v) is 8.56. The highest BCUT2D eigenvalue weighted by Crippen LogP contribution is 2.45. The van der Waals surface area contributed by atoms with Crippen LogP contribution in [0.4, 0.5) is 0 Å². The number of nitrogens with zero attached hydrogens (tertiary/aromatic N) is 1. The molecule has 3 unspecified atom stereocenters. The topological polar surface area (TPSA) is 61.7 Å². The number of Topliss-reactive ketones (excluding diaryl/α,β-unsaturated/α-hetero) is 1. The quantitative estimate of drug-likeness (QED) is 0.179. The Balaban J connectivity index is 1.45. The van der Waals surface area contributed by atoms with Crippen molar-refractivity contribution in [2.45, 2.75) is 57.9 Å². The Morgan fingerprint density at radius 2 is 2.10 bits per heavy atom. The Morgan fingerprint density at radius 3 is 2.88 bits per heavy atom. The number of ketones is 1. The number of carbonyl (C=O) groups is 1. The van der Waals surface area contributed by atoms with Crippen molar-refractivity contribution >= 4 is 23.0 Å². The molecule has 0 bridgehead atoms. The first-order chi connectivity index (χ1) is 20.3. The molecule has 3 aliphatic rings. The highest BCUT2D eigenvalue weighted by Gasteiger charge is 2.30. The van der Waals surface area contributed by atoms with E-state index in [9.17, 15) is 4.79 Å². The Kier molecular flexibility index (Phi) is 12.1. The summed E-state index contributed by atoms with van der Waals surface area (Å²) in [6.07, 6.45) is 15.2. The molecule has 2 aliphatic carbocycles. The van der Waals surface area contributed by atoms with Gasteiger partial charge in [-0.1, -0.05) is 72.6 Å². The molecule has 1 aromatic rings. The van der Waals surface area contributed by atoms with Crippen molar-refractivity contribution in [1.29, 1.82) is 0 Å². The summed E-state index contributed by atoms with van der Waals surface area (Å²) in [6, 6.07) is 8.51. The van der Waals surface area contributed by atoms with Gasteiger partial charge in [-0.2, -0.15) is 0 Å². The Hall–Kier alpha value is -2.66. The first-order valence-electron chi connectivity index (χ1n) is 15.2. The van der Waals surface area contributed by atoms with Gasteiger partial charge in [-0.15, -0.1) is 5.73 Å². The Bertz CT molecular complexity index is 1300. The van der Waals surface area contributed by atoms with Crippen molar-refractivity contribution < 1.29 is 14.3 Å². The first kappa shape index (κ1) is 32.3. The number of carbonyl (C=O) groups excluding carboxylic acids is 1. The molecule has 1 aromatic carbocycles. The van der Waals surface area contributed by atoms with Crippen molar-refractivity contribution in [3.8, 4) is 0 Å². The number of piperidine rings is 1. The molecule has 5 nitrogen and oxygen atoms in total. The molecule has 0 saturated carbocycles. The van der Waals surface area contributed by atoms with E-state index in [0.717, 1.165) is 61.5 Å². The fourth-order valence-electron chi connectivity index (χ4n) is 5.98. The molecule has 1 aliphatic heterocycles. The van der Waals surface area contributed by atoms with E-state index in [1.54, 1.807) is 14.0 Å². The van der Waals surface area contributed by atoms with E-state index in [2.05, 4.69) is 61.3 Å². The lowest BCUT2D eigenvalue weighted by Crippen LogP contribution is -2.49. The van der Waals surface area contributed by atoms with Crippen LogP contribution in [0.2, 0.25) is 0 Å². The molecule has 1 heterocycles. The van der Waals surface area contributed by atoms with Gasteiger partial charge in [0.25, 0.3) is 0 Å². The number of nitrogens with one attached hydrogen (secondary N) is 1. The van der Waals surface area contributed by atoms with E-state index in [-0.39, 0.29) is 11.7 Å². The second-order valence-corrected chi connectivity index (χ2v) is 12.2. The fourth-order valence-corrected chi connectivity index (χ4v) is 6.33. The van der Waals surface area contributed by atoms with Gasteiger partial charge in [0, 0.05) is 24.5 Å². The van der Waals surface area contributed by atoms with E-state index < -0.39 is 5.54 Å². The molecular formula is C36H45ClN2O3-2. The molecule has 0 radical (unpaired) electrons. The molecular weight excluding hydrogens is 544 g/mol. The van der Waals surface area contributed by atoms with Crippen molar-refractivity contribution in [3.63, 3.8) is 0 Å². The molecule has 1 saturated heterocycles. The second kappa shape index (κ2) is 15.7. The van der Waals surface area contributed by atoms with E-state index in [1.807, 2.05) is 18.2 Å². The maximum Gasteiger partial charge on any atom is 0.129 e. The molecule has 226 valence electrons. The van der Waals surface area contributed by atoms with Crippen molar-refractivity contribution in [2.75, 3.05) is 40.0 Å². The van der Waals surface area contributed by atoms with Crippen molar-refractivity contribution in [2.24, 2.45) is 11.8 Å². The number of benzene rings is 1. The van der Waals surface area contributed by atoms with Crippen LogP contribution >= 0.6 is 11.6 Å². The van der Waals surface area contributed by atoms with Crippen LogP contribution in [0, 0.1) is 18.8 Å². The first-order valence-corrected chi connectivity index (χ1v) is 15.5. The van der Waals surface area contributed by atoms with Crippen LogP contribution in [0.1, 0.15) is 57.1 Å². The van der Waals surface area contributed by atoms with Crippen LogP contribution in [0.3, 0.4) is 0 Å². The molecule has 4 rings (SSSR count). The highest BCUT2D eigenvalue weighted by atomic mass is 35.5. The van der Waals surface area contributed by atoms with Crippen LogP contribution < -0.4 is 5.32 Å². The van der Waals surface area contributed by atoms with E-state index >= 15 is 0 Å². The Labute approximate surface area is 257 Å². The molecule has 1 fully saturated rings. The minimum Gasteiger partial charge on any atom is -0.697 e. The maximum absolute atomic E-state index is 11.5. The smallest absolute Gasteiger partial charge is 0.129 e. The lowest BCUT2D eigenvalue weighted by Gasteiger charge is -2.61. The zero-order valence-electron chi connectivity index (χ0n) is 25.4. The zero-order valence-corrected chi connectivity index (χ0v) is 26.1. The summed E-state index contributed by atoms with van der Waals surface area (Å²) in [5.41, 5.74) is 9.67. The van der Waals surface area contributed by atoms with E-state index in [0.29, 0.717) is 32.2 Å². The lowest BCUT2D eigenvalue weighted by molar-refractivity contribution is -0.117. The van der Waals surface area contributed by atoms with Gasteiger partial charge in [0.1, 0.15) is 5.78 Å². The molecule has 42 heavy (non-hydrogen) atoms. The number of rotatable bonds is 14. The van der Waals surface area contributed by atoms with Gasteiger partial charge in [0.2, 0.25) is 0 Å². The van der Waals surface area contributed by atoms with Crippen LogP contribution in [-0.2, 0) is 20.7 Å². The summed E-state index contributed by atoms with van der Waals surface area (Å²) in [5.74, 6) is 0.681. The molecule has 3 atom stereocenters. The molecule has 1 N–H and O–H groups in total. The van der Waals surface area contributed by atoms with Gasteiger partial charge >= 0.3 is 0 Å². The summed E-state index contributed by atoms with van der Waals surface area (Å²) in [6.45, 7) is 12.0. The van der Waals surface area contributed by atoms with Crippen molar-refractivity contribution in [3.05, 3.63) is 106 Å². The average molecular weight is 589 g/mol. The summed E-state index contributed by atoms with van der Waals surface area (Å²) in [5, 5.41) is 9.55. The van der Waals surface area contributed by atoms with Gasteiger partial charge in [-0.05, 0) is 92.1 Å². The molecule has 0 spiro atoms. The number of allylic oxidation sites excluding steroid dienone is 5.